The number of carbonyl (C=O) groups excluding carboxylic acids is 3. The van der Waals surface area contributed by atoms with Crippen LogP contribution in [0.25, 0.3) is 0 Å². The summed E-state index contributed by atoms with van der Waals surface area (Å²) in [6.45, 7) is 4.51. The Labute approximate surface area is 453 Å². The van der Waals surface area contributed by atoms with Crippen LogP contribution in [-0.2, 0) is 42.2 Å². The lowest BCUT2D eigenvalue weighted by atomic mass is 10.0. The van der Waals surface area contributed by atoms with Crippen molar-refractivity contribution in [2.45, 2.75) is 290 Å². The molecule has 11 nitrogen and oxygen atoms in total. The van der Waals surface area contributed by atoms with Gasteiger partial charge in [0.25, 0.3) is 0 Å². The fraction of sp³-hybridized carbons (Fsp3) is 0.790. The molecular weight excluding hydrogens is 952 g/mol. The van der Waals surface area contributed by atoms with E-state index in [4.69, 9.17) is 23.3 Å². The van der Waals surface area contributed by atoms with E-state index in [2.05, 4.69) is 75.5 Å². The zero-order valence-corrected chi connectivity index (χ0v) is 48.5. The van der Waals surface area contributed by atoms with Gasteiger partial charge < -0.3 is 24.2 Å². The summed E-state index contributed by atoms with van der Waals surface area (Å²) in [6, 6.07) is 0. The molecule has 0 aromatic rings. The first-order valence-electron chi connectivity index (χ1n) is 30.2. The summed E-state index contributed by atoms with van der Waals surface area (Å²) in [5.74, 6) is -1.52. The van der Waals surface area contributed by atoms with Crippen LogP contribution in [0.1, 0.15) is 278 Å². The van der Waals surface area contributed by atoms with Gasteiger partial charge in [0.15, 0.2) is 6.10 Å². The average molecular weight is 1060 g/mol. The zero-order valence-electron chi connectivity index (χ0n) is 47.6. The molecular formula is C62H111O11P. The van der Waals surface area contributed by atoms with Crippen LogP contribution in [0.15, 0.2) is 60.8 Å². The van der Waals surface area contributed by atoms with E-state index < -0.39 is 57.8 Å². The molecule has 74 heavy (non-hydrogen) atoms. The molecule has 0 aliphatic carbocycles. The van der Waals surface area contributed by atoms with Crippen molar-refractivity contribution in [3.8, 4) is 0 Å². The summed E-state index contributed by atoms with van der Waals surface area (Å²) >= 11 is 0. The van der Waals surface area contributed by atoms with Crippen LogP contribution in [0.3, 0.4) is 0 Å². The molecule has 430 valence electrons. The van der Waals surface area contributed by atoms with Crippen LogP contribution in [0, 0.1) is 0 Å². The van der Waals surface area contributed by atoms with E-state index >= 15 is 0 Å². The third-order valence-electron chi connectivity index (χ3n) is 13.0. The first-order chi connectivity index (χ1) is 36.2. The lowest BCUT2D eigenvalue weighted by Gasteiger charge is -2.21. The van der Waals surface area contributed by atoms with Crippen LogP contribution in [-0.4, -0.2) is 66.5 Å². The van der Waals surface area contributed by atoms with Crippen LogP contribution in [0.2, 0.25) is 0 Å². The number of rotatable bonds is 56. The second-order valence-electron chi connectivity index (χ2n) is 20.1. The number of carbonyl (C=O) groups is 3. The van der Waals surface area contributed by atoms with Gasteiger partial charge in [-0.05, 0) is 57.8 Å². The third-order valence-corrected chi connectivity index (χ3v) is 13.9. The number of hydrogen-bond donors (Lipinski definition) is 2. The number of phosphoric acid groups is 1. The molecule has 12 heteroatoms. The summed E-state index contributed by atoms with van der Waals surface area (Å²) in [6.07, 6.45) is 61.8. The molecule has 0 saturated heterocycles. The van der Waals surface area contributed by atoms with Gasteiger partial charge in [-0.15, -0.1) is 0 Å². The van der Waals surface area contributed by atoms with Gasteiger partial charge in [-0.1, -0.05) is 261 Å². The maximum absolute atomic E-state index is 12.9. The van der Waals surface area contributed by atoms with Crippen molar-refractivity contribution in [1.82, 2.24) is 0 Å². The first-order valence-corrected chi connectivity index (χ1v) is 31.7. The molecule has 0 bridgehead atoms. The van der Waals surface area contributed by atoms with E-state index in [1.54, 1.807) is 0 Å². The van der Waals surface area contributed by atoms with Crippen molar-refractivity contribution in [2.24, 2.45) is 0 Å². The van der Waals surface area contributed by atoms with Crippen molar-refractivity contribution in [3.63, 3.8) is 0 Å². The van der Waals surface area contributed by atoms with Crippen molar-refractivity contribution < 1.29 is 52.2 Å². The predicted molar refractivity (Wildman–Crippen MR) is 307 cm³/mol. The van der Waals surface area contributed by atoms with Gasteiger partial charge in [0, 0.05) is 19.3 Å². The molecule has 0 spiro atoms. The van der Waals surface area contributed by atoms with Gasteiger partial charge in [0.05, 0.1) is 19.8 Å². The number of aliphatic hydroxyl groups excluding tert-OH is 1. The Kier molecular flexibility index (Phi) is 54.2. The number of hydrogen-bond acceptors (Lipinski definition) is 10. The van der Waals surface area contributed by atoms with Crippen molar-refractivity contribution in [2.75, 3.05) is 26.4 Å². The molecule has 0 fully saturated rings. The number of esters is 3. The lowest BCUT2D eigenvalue weighted by Crippen LogP contribution is -2.30. The van der Waals surface area contributed by atoms with E-state index in [1.165, 1.54) is 141 Å². The van der Waals surface area contributed by atoms with Gasteiger partial charge in [-0.25, -0.2) is 4.57 Å². The SMILES string of the molecule is CC/C=C\C/C=C\C/C=C\C/C=C\C/C=C\CCCC(=O)OC(COC(=O)CCCCCCCCCCCCCCC)COP(=O)(O)OCC(CO)OC(=O)CCCCCCCCCCCCCCCCCCC. The van der Waals surface area contributed by atoms with Crippen LogP contribution < -0.4 is 0 Å². The molecule has 3 unspecified atom stereocenters. The molecule has 0 aromatic heterocycles. The Morgan fingerprint density at radius 2 is 0.703 bits per heavy atom. The largest absolute Gasteiger partial charge is 0.472 e. The molecule has 0 heterocycles. The highest BCUT2D eigenvalue weighted by molar-refractivity contribution is 7.47. The standard InChI is InChI=1S/C62H111O11P/c1-4-7-10-13-16-19-22-25-27-29-31-34-37-40-43-46-49-52-61(65)72-58(54-63)56-70-74(67,68)71-57-59(55-69-60(64)51-48-45-42-39-36-33-24-21-18-15-12-9-6-3)73-62(66)53-50-47-44-41-38-35-32-30-28-26-23-20-17-14-11-8-5-2/h8,11,17,20,26,28,32,35,41,44,58-59,63H,4-7,9-10,12-16,18-19,21-25,27,29-31,33-34,36-40,42-43,45-57H2,1-3H3,(H,67,68)/b11-8-,20-17-,28-26-,35-32-,44-41-. The fourth-order valence-electron chi connectivity index (χ4n) is 8.39. The Hall–Kier alpha value is -2.82. The second-order valence-corrected chi connectivity index (χ2v) is 21.6. The predicted octanol–water partition coefficient (Wildman–Crippen LogP) is 17.9. The summed E-state index contributed by atoms with van der Waals surface area (Å²) in [7, 11) is -4.76. The zero-order chi connectivity index (χ0) is 54.1. The van der Waals surface area contributed by atoms with Gasteiger partial charge in [-0.3, -0.25) is 23.4 Å². The second kappa shape index (κ2) is 56.4. The van der Waals surface area contributed by atoms with E-state index in [0.29, 0.717) is 25.7 Å². The maximum Gasteiger partial charge on any atom is 0.472 e. The van der Waals surface area contributed by atoms with Crippen LogP contribution >= 0.6 is 7.82 Å². The van der Waals surface area contributed by atoms with Crippen LogP contribution in [0.4, 0.5) is 0 Å². The smallest absolute Gasteiger partial charge is 0.462 e. The molecule has 0 radical (unpaired) electrons. The summed E-state index contributed by atoms with van der Waals surface area (Å²) in [5, 5.41) is 9.83. The normalized spacial score (nSPS) is 13.7. The number of allylic oxidation sites excluding steroid dienone is 10. The van der Waals surface area contributed by atoms with Crippen molar-refractivity contribution in [3.05, 3.63) is 60.8 Å². The van der Waals surface area contributed by atoms with E-state index in [9.17, 15) is 28.9 Å². The molecule has 0 aliphatic heterocycles. The Balaban J connectivity index is 4.73. The monoisotopic (exact) mass is 1060 g/mol. The van der Waals surface area contributed by atoms with Crippen LogP contribution in [0.5, 0.6) is 0 Å². The number of phosphoric ester groups is 1. The van der Waals surface area contributed by atoms with Gasteiger partial charge >= 0.3 is 25.7 Å². The van der Waals surface area contributed by atoms with Crippen molar-refractivity contribution >= 4 is 25.7 Å². The number of unbranched alkanes of at least 4 members (excludes halogenated alkanes) is 29. The fourth-order valence-corrected chi connectivity index (χ4v) is 9.18. The molecule has 2 N–H and O–H groups in total. The average Bonchev–Trinajstić information content (AvgIpc) is 3.39. The van der Waals surface area contributed by atoms with Gasteiger partial charge in [0.2, 0.25) is 0 Å². The number of ether oxygens (including phenoxy) is 3. The third kappa shape index (κ3) is 54.0. The summed E-state index contributed by atoms with van der Waals surface area (Å²) in [5.41, 5.74) is 0. The van der Waals surface area contributed by atoms with E-state index in [-0.39, 0.29) is 25.9 Å². The first kappa shape index (κ1) is 71.2. The molecule has 0 amide bonds. The minimum absolute atomic E-state index is 0.0913. The Morgan fingerprint density at radius 3 is 1.08 bits per heavy atom. The van der Waals surface area contributed by atoms with Gasteiger partial charge in [-0.2, -0.15) is 0 Å². The highest BCUT2D eigenvalue weighted by Gasteiger charge is 2.28. The Morgan fingerprint density at radius 1 is 0.392 bits per heavy atom. The summed E-state index contributed by atoms with van der Waals surface area (Å²) < 4.78 is 39.5. The molecule has 0 saturated carbocycles. The minimum atomic E-state index is -4.76. The highest BCUT2D eigenvalue weighted by atomic mass is 31.2. The maximum atomic E-state index is 12.9. The molecule has 0 aliphatic rings. The molecule has 3 atom stereocenters. The minimum Gasteiger partial charge on any atom is -0.462 e. The highest BCUT2D eigenvalue weighted by Crippen LogP contribution is 2.43. The lowest BCUT2D eigenvalue weighted by molar-refractivity contribution is -0.161. The topological polar surface area (TPSA) is 155 Å². The summed E-state index contributed by atoms with van der Waals surface area (Å²) in [4.78, 5) is 48.6. The quantitative estimate of drug-likeness (QED) is 0.0197. The van der Waals surface area contributed by atoms with Crippen molar-refractivity contribution in [1.29, 1.82) is 0 Å². The Bertz CT molecular complexity index is 1470. The number of aliphatic hydroxyl groups is 1. The van der Waals surface area contributed by atoms with Gasteiger partial charge in [0.1, 0.15) is 12.7 Å². The van der Waals surface area contributed by atoms with E-state index in [1.807, 2.05) is 6.08 Å². The van der Waals surface area contributed by atoms with E-state index in [0.717, 1.165) is 70.6 Å². The molecule has 0 rings (SSSR count). The molecule has 0 aromatic carbocycles.